The number of nitrogens with zero attached hydrogens (tertiary/aromatic N) is 4. The minimum absolute atomic E-state index is 0.160. The Labute approximate surface area is 204 Å². The van der Waals surface area contributed by atoms with Crippen molar-refractivity contribution in [2.45, 2.75) is 19.0 Å². The lowest BCUT2D eigenvalue weighted by atomic mass is 9.98. The summed E-state index contributed by atoms with van der Waals surface area (Å²) in [7, 11) is 0. The van der Waals surface area contributed by atoms with Gasteiger partial charge in [-0.1, -0.05) is 60.7 Å². The highest BCUT2D eigenvalue weighted by atomic mass is 19.1. The summed E-state index contributed by atoms with van der Waals surface area (Å²) in [6.07, 6.45) is 0.378. The SMILES string of the molecule is O=C(CN1CCN(Cc2ccccc2)CC1)N1N=C(c2ccc(F)cc2)C[C@H]1c1ccccc1F. The maximum Gasteiger partial charge on any atom is 0.257 e. The van der Waals surface area contributed by atoms with Crippen LogP contribution in [-0.4, -0.2) is 59.2 Å². The molecule has 3 aromatic rings. The molecular weight excluding hydrogens is 446 g/mol. The second kappa shape index (κ2) is 10.5. The Morgan fingerprint density at radius 1 is 0.829 bits per heavy atom. The Kier molecular flexibility index (Phi) is 6.97. The molecule has 0 N–H and O–H groups in total. The van der Waals surface area contributed by atoms with Crippen molar-refractivity contribution in [2.75, 3.05) is 32.7 Å². The Balaban J connectivity index is 1.28. The summed E-state index contributed by atoms with van der Waals surface area (Å²) < 4.78 is 28.1. The molecule has 3 aromatic carbocycles. The van der Waals surface area contributed by atoms with Crippen molar-refractivity contribution in [3.63, 3.8) is 0 Å². The Morgan fingerprint density at radius 3 is 2.20 bits per heavy atom. The minimum atomic E-state index is -0.525. The van der Waals surface area contributed by atoms with Crippen molar-refractivity contribution in [1.29, 1.82) is 0 Å². The van der Waals surface area contributed by atoms with Crippen LogP contribution in [0.5, 0.6) is 0 Å². The number of rotatable bonds is 6. The summed E-state index contributed by atoms with van der Waals surface area (Å²) in [6, 6.07) is 22.4. The molecule has 0 aliphatic carbocycles. The smallest absolute Gasteiger partial charge is 0.257 e. The van der Waals surface area contributed by atoms with Gasteiger partial charge in [0.25, 0.3) is 5.91 Å². The standard InChI is InChI=1S/C28H28F2N4O/c29-23-12-10-22(11-13-23)26-18-27(24-8-4-5-9-25(24)30)34(31-26)28(35)20-33-16-14-32(15-17-33)19-21-6-2-1-3-7-21/h1-13,27H,14-20H2/t27-/m0/s1. The van der Waals surface area contributed by atoms with Gasteiger partial charge in [-0.25, -0.2) is 13.8 Å². The molecule has 0 spiro atoms. The fourth-order valence-corrected chi connectivity index (χ4v) is 4.76. The summed E-state index contributed by atoms with van der Waals surface area (Å²) in [4.78, 5) is 17.9. The lowest BCUT2D eigenvalue weighted by molar-refractivity contribution is -0.134. The molecule has 2 heterocycles. The maximum absolute atomic E-state index is 14.7. The first-order valence-electron chi connectivity index (χ1n) is 12.0. The normalized spacial score (nSPS) is 19.1. The van der Waals surface area contributed by atoms with Crippen LogP contribution in [0.25, 0.3) is 0 Å². The zero-order valence-electron chi connectivity index (χ0n) is 19.5. The number of carbonyl (C=O) groups excluding carboxylic acids is 1. The van der Waals surface area contributed by atoms with E-state index in [9.17, 15) is 13.6 Å². The van der Waals surface area contributed by atoms with E-state index in [1.54, 1.807) is 30.3 Å². The van der Waals surface area contributed by atoms with Crippen LogP contribution in [0.2, 0.25) is 0 Å². The van der Waals surface area contributed by atoms with Crippen molar-refractivity contribution in [3.05, 3.63) is 107 Å². The van der Waals surface area contributed by atoms with E-state index in [1.165, 1.54) is 28.8 Å². The molecule has 0 unspecified atom stereocenters. The number of hydrogen-bond acceptors (Lipinski definition) is 4. The molecule has 5 rings (SSSR count). The lowest BCUT2D eigenvalue weighted by Gasteiger charge is -2.35. The second-order valence-corrected chi connectivity index (χ2v) is 9.07. The van der Waals surface area contributed by atoms with E-state index in [0.29, 0.717) is 17.7 Å². The predicted molar refractivity (Wildman–Crippen MR) is 132 cm³/mol. The molecular formula is C28H28F2N4O. The van der Waals surface area contributed by atoms with Crippen LogP contribution in [0.15, 0.2) is 84.0 Å². The van der Waals surface area contributed by atoms with Gasteiger partial charge >= 0.3 is 0 Å². The number of carbonyl (C=O) groups is 1. The molecule has 2 aliphatic rings. The van der Waals surface area contributed by atoms with E-state index in [0.717, 1.165) is 38.3 Å². The molecule has 2 aliphatic heterocycles. The Morgan fingerprint density at radius 2 is 1.49 bits per heavy atom. The minimum Gasteiger partial charge on any atom is -0.297 e. The second-order valence-electron chi connectivity index (χ2n) is 9.07. The highest BCUT2D eigenvalue weighted by molar-refractivity contribution is 6.03. The van der Waals surface area contributed by atoms with Gasteiger partial charge in [-0.3, -0.25) is 14.6 Å². The van der Waals surface area contributed by atoms with Crippen LogP contribution in [0.1, 0.15) is 29.2 Å². The van der Waals surface area contributed by atoms with Gasteiger partial charge in [0.05, 0.1) is 18.3 Å². The summed E-state index contributed by atoms with van der Waals surface area (Å²) in [5.41, 5.74) is 3.11. The summed E-state index contributed by atoms with van der Waals surface area (Å²) in [5.74, 6) is -0.857. The molecule has 0 aromatic heterocycles. The van der Waals surface area contributed by atoms with Gasteiger partial charge in [-0.2, -0.15) is 5.10 Å². The molecule has 5 nitrogen and oxygen atoms in total. The maximum atomic E-state index is 14.7. The third-order valence-electron chi connectivity index (χ3n) is 6.68. The largest absolute Gasteiger partial charge is 0.297 e. The van der Waals surface area contributed by atoms with Crippen LogP contribution in [-0.2, 0) is 11.3 Å². The summed E-state index contributed by atoms with van der Waals surface area (Å²) in [6.45, 7) is 4.45. The Hall–Kier alpha value is -3.42. The number of hydrogen-bond donors (Lipinski definition) is 0. The molecule has 0 radical (unpaired) electrons. The summed E-state index contributed by atoms with van der Waals surface area (Å²) in [5, 5.41) is 6.02. The van der Waals surface area contributed by atoms with E-state index in [4.69, 9.17) is 0 Å². The lowest BCUT2D eigenvalue weighted by Crippen LogP contribution is -2.49. The van der Waals surface area contributed by atoms with Crippen molar-refractivity contribution < 1.29 is 13.6 Å². The zero-order valence-corrected chi connectivity index (χ0v) is 19.5. The van der Waals surface area contributed by atoms with Crippen molar-refractivity contribution in [2.24, 2.45) is 5.10 Å². The van der Waals surface area contributed by atoms with E-state index in [2.05, 4.69) is 27.0 Å². The number of halogens is 2. The van der Waals surface area contributed by atoms with Crippen LogP contribution in [0.3, 0.4) is 0 Å². The van der Waals surface area contributed by atoms with Gasteiger partial charge in [0, 0.05) is 44.7 Å². The molecule has 1 amide bonds. The van der Waals surface area contributed by atoms with Crippen LogP contribution < -0.4 is 0 Å². The average molecular weight is 475 g/mol. The molecule has 1 atom stereocenters. The average Bonchev–Trinajstić information content (AvgIpc) is 3.32. The fourth-order valence-electron chi connectivity index (χ4n) is 4.76. The third kappa shape index (κ3) is 5.47. The van der Waals surface area contributed by atoms with Gasteiger partial charge < -0.3 is 0 Å². The highest BCUT2D eigenvalue weighted by Crippen LogP contribution is 2.34. The molecule has 0 bridgehead atoms. The topological polar surface area (TPSA) is 39.2 Å². The van der Waals surface area contributed by atoms with E-state index in [-0.39, 0.29) is 24.1 Å². The molecule has 0 saturated carbocycles. The first-order chi connectivity index (χ1) is 17.1. The van der Waals surface area contributed by atoms with Crippen molar-refractivity contribution in [3.8, 4) is 0 Å². The zero-order chi connectivity index (χ0) is 24.2. The van der Waals surface area contributed by atoms with E-state index >= 15 is 0 Å². The Bertz CT molecular complexity index is 1190. The molecule has 180 valence electrons. The van der Waals surface area contributed by atoms with E-state index < -0.39 is 6.04 Å². The molecule has 35 heavy (non-hydrogen) atoms. The number of benzene rings is 3. The van der Waals surface area contributed by atoms with Crippen LogP contribution in [0, 0.1) is 11.6 Å². The van der Waals surface area contributed by atoms with Gasteiger partial charge in [-0.15, -0.1) is 0 Å². The predicted octanol–water partition coefficient (Wildman–Crippen LogP) is 4.46. The van der Waals surface area contributed by atoms with Gasteiger partial charge in [0.1, 0.15) is 11.6 Å². The third-order valence-corrected chi connectivity index (χ3v) is 6.68. The highest BCUT2D eigenvalue weighted by Gasteiger charge is 2.35. The van der Waals surface area contributed by atoms with Crippen LogP contribution >= 0.6 is 0 Å². The molecule has 7 heteroatoms. The fraction of sp³-hybridized carbons (Fsp3) is 0.286. The number of hydrazone groups is 1. The first-order valence-corrected chi connectivity index (χ1v) is 12.0. The molecule has 1 saturated heterocycles. The summed E-state index contributed by atoms with van der Waals surface area (Å²) >= 11 is 0. The quantitative estimate of drug-likeness (QED) is 0.530. The first kappa shape index (κ1) is 23.3. The van der Waals surface area contributed by atoms with Crippen LogP contribution in [0.4, 0.5) is 8.78 Å². The van der Waals surface area contributed by atoms with E-state index in [1.807, 2.05) is 18.2 Å². The molecule has 1 fully saturated rings. The number of piperazine rings is 1. The van der Waals surface area contributed by atoms with Gasteiger partial charge in [-0.05, 0) is 29.3 Å². The van der Waals surface area contributed by atoms with Crippen molar-refractivity contribution in [1.82, 2.24) is 14.8 Å². The monoisotopic (exact) mass is 474 g/mol. The van der Waals surface area contributed by atoms with Crippen molar-refractivity contribution >= 4 is 11.6 Å². The van der Waals surface area contributed by atoms with Gasteiger partial charge in [0.15, 0.2) is 0 Å². The van der Waals surface area contributed by atoms with Gasteiger partial charge in [0.2, 0.25) is 0 Å². The number of amides is 1.